The number of fused-ring (bicyclic) bond motifs is 1. The number of aromatic nitrogens is 3. The molecule has 7 nitrogen and oxygen atoms in total. The Kier molecular flexibility index (Phi) is 4.14. The van der Waals surface area contributed by atoms with Gasteiger partial charge in [-0.15, -0.1) is 0 Å². The SMILES string of the molecule is Oc1cc(O)c(CN2CCc3nc(-c4ccncc4)ncc3C2)c(O)c1. The molecule has 4 rings (SSSR count). The third-order valence-electron chi connectivity index (χ3n) is 4.52. The summed E-state index contributed by atoms with van der Waals surface area (Å²) in [6, 6.07) is 6.23. The van der Waals surface area contributed by atoms with Crippen molar-refractivity contribution in [2.75, 3.05) is 6.54 Å². The van der Waals surface area contributed by atoms with Gasteiger partial charge in [0.25, 0.3) is 0 Å². The molecule has 3 heterocycles. The van der Waals surface area contributed by atoms with Crippen molar-refractivity contribution in [3.63, 3.8) is 0 Å². The molecular weight excluding hydrogens is 332 g/mol. The quantitative estimate of drug-likeness (QED) is 0.665. The molecule has 3 aromatic rings. The number of benzene rings is 1. The molecule has 0 saturated carbocycles. The van der Waals surface area contributed by atoms with Crippen molar-refractivity contribution in [1.29, 1.82) is 0 Å². The Morgan fingerprint density at radius 3 is 2.50 bits per heavy atom. The second-order valence-electron chi connectivity index (χ2n) is 6.32. The van der Waals surface area contributed by atoms with Gasteiger partial charge in [-0.05, 0) is 12.1 Å². The highest BCUT2D eigenvalue weighted by Crippen LogP contribution is 2.33. The van der Waals surface area contributed by atoms with E-state index in [0.717, 1.165) is 29.8 Å². The zero-order valence-corrected chi connectivity index (χ0v) is 14.0. The molecule has 0 amide bonds. The van der Waals surface area contributed by atoms with Crippen molar-refractivity contribution in [3.05, 3.63) is 59.7 Å². The molecule has 7 heteroatoms. The lowest BCUT2D eigenvalue weighted by Crippen LogP contribution is -2.31. The number of nitrogens with zero attached hydrogens (tertiary/aromatic N) is 4. The molecule has 0 atom stereocenters. The Morgan fingerprint density at radius 1 is 1.04 bits per heavy atom. The number of hydrogen-bond acceptors (Lipinski definition) is 7. The van der Waals surface area contributed by atoms with E-state index < -0.39 is 0 Å². The van der Waals surface area contributed by atoms with E-state index in [-0.39, 0.29) is 17.2 Å². The number of phenols is 3. The maximum absolute atomic E-state index is 9.98. The summed E-state index contributed by atoms with van der Waals surface area (Å²) in [7, 11) is 0. The van der Waals surface area contributed by atoms with Crippen molar-refractivity contribution in [2.24, 2.45) is 0 Å². The van der Waals surface area contributed by atoms with Crippen LogP contribution in [0.3, 0.4) is 0 Å². The highest BCUT2D eigenvalue weighted by Gasteiger charge is 2.21. The molecule has 3 N–H and O–H groups in total. The van der Waals surface area contributed by atoms with Crippen LogP contribution in [0, 0.1) is 0 Å². The normalized spacial score (nSPS) is 14.2. The highest BCUT2D eigenvalue weighted by molar-refractivity contribution is 5.54. The van der Waals surface area contributed by atoms with Crippen LogP contribution < -0.4 is 0 Å². The molecule has 1 aliphatic rings. The Labute approximate surface area is 150 Å². The maximum atomic E-state index is 9.98. The molecule has 0 radical (unpaired) electrons. The van der Waals surface area contributed by atoms with E-state index in [9.17, 15) is 15.3 Å². The number of aromatic hydroxyl groups is 3. The van der Waals surface area contributed by atoms with Gasteiger partial charge in [-0.25, -0.2) is 9.97 Å². The third kappa shape index (κ3) is 3.16. The van der Waals surface area contributed by atoms with Gasteiger partial charge in [-0.3, -0.25) is 9.88 Å². The van der Waals surface area contributed by atoms with E-state index in [4.69, 9.17) is 0 Å². The summed E-state index contributed by atoms with van der Waals surface area (Å²) in [5.74, 6) is 0.299. The molecule has 132 valence electrons. The number of phenolic OH excluding ortho intramolecular Hbond substituents is 3. The molecule has 1 aliphatic heterocycles. The van der Waals surface area contributed by atoms with Crippen LogP contribution in [0.1, 0.15) is 16.8 Å². The van der Waals surface area contributed by atoms with Crippen LogP contribution >= 0.6 is 0 Å². The largest absolute Gasteiger partial charge is 0.508 e. The fourth-order valence-electron chi connectivity index (χ4n) is 3.16. The van der Waals surface area contributed by atoms with Gasteiger partial charge in [-0.1, -0.05) is 0 Å². The van der Waals surface area contributed by atoms with E-state index >= 15 is 0 Å². The summed E-state index contributed by atoms with van der Waals surface area (Å²) in [5, 5.41) is 29.4. The van der Waals surface area contributed by atoms with Gasteiger partial charge in [-0.2, -0.15) is 0 Å². The van der Waals surface area contributed by atoms with E-state index in [1.54, 1.807) is 12.4 Å². The minimum Gasteiger partial charge on any atom is -0.508 e. The molecule has 0 unspecified atom stereocenters. The molecule has 0 aliphatic carbocycles. The average molecular weight is 350 g/mol. The van der Waals surface area contributed by atoms with E-state index in [2.05, 4.69) is 19.9 Å². The fourth-order valence-corrected chi connectivity index (χ4v) is 3.16. The molecule has 0 bridgehead atoms. The summed E-state index contributed by atoms with van der Waals surface area (Å²) in [6.07, 6.45) is 6.03. The zero-order valence-electron chi connectivity index (χ0n) is 14.0. The standard InChI is InChI=1S/C19H18N4O3/c24-14-7-17(25)15(18(26)8-14)11-23-6-3-16-13(10-23)9-21-19(22-16)12-1-4-20-5-2-12/h1-2,4-5,7-9,24-26H,3,6,10-11H2. The zero-order chi connectivity index (χ0) is 18.1. The summed E-state index contributed by atoms with van der Waals surface area (Å²) in [5.41, 5.74) is 3.39. The van der Waals surface area contributed by atoms with Gasteiger partial charge in [0.1, 0.15) is 17.2 Å². The summed E-state index contributed by atoms with van der Waals surface area (Å²) in [4.78, 5) is 15.2. The van der Waals surface area contributed by atoms with Gasteiger partial charge in [0.15, 0.2) is 5.82 Å². The van der Waals surface area contributed by atoms with Crippen molar-refractivity contribution in [1.82, 2.24) is 19.9 Å². The van der Waals surface area contributed by atoms with Gasteiger partial charge >= 0.3 is 0 Å². The van der Waals surface area contributed by atoms with Gasteiger partial charge in [0.2, 0.25) is 0 Å². The van der Waals surface area contributed by atoms with Crippen molar-refractivity contribution < 1.29 is 15.3 Å². The van der Waals surface area contributed by atoms with Crippen LogP contribution in [0.25, 0.3) is 11.4 Å². The molecule has 0 spiro atoms. The fraction of sp³-hybridized carbons (Fsp3) is 0.211. The van der Waals surface area contributed by atoms with Gasteiger partial charge in [0, 0.05) is 73.5 Å². The number of pyridine rings is 1. The van der Waals surface area contributed by atoms with Crippen molar-refractivity contribution in [2.45, 2.75) is 19.5 Å². The Bertz CT molecular complexity index is 924. The van der Waals surface area contributed by atoms with Crippen LogP contribution in [-0.2, 0) is 19.5 Å². The van der Waals surface area contributed by atoms with Gasteiger partial charge in [0.05, 0.1) is 5.69 Å². The third-order valence-corrected chi connectivity index (χ3v) is 4.52. The van der Waals surface area contributed by atoms with E-state index in [1.165, 1.54) is 12.1 Å². The predicted octanol–water partition coefficient (Wildman–Crippen LogP) is 2.21. The lowest BCUT2D eigenvalue weighted by molar-refractivity contribution is 0.236. The average Bonchev–Trinajstić information content (AvgIpc) is 2.65. The molecule has 0 saturated heterocycles. The summed E-state index contributed by atoms with van der Waals surface area (Å²) >= 11 is 0. The lowest BCUT2D eigenvalue weighted by atomic mass is 10.0. The summed E-state index contributed by atoms with van der Waals surface area (Å²) in [6.45, 7) is 1.76. The summed E-state index contributed by atoms with van der Waals surface area (Å²) < 4.78 is 0. The second-order valence-corrected chi connectivity index (χ2v) is 6.32. The maximum Gasteiger partial charge on any atom is 0.159 e. The lowest BCUT2D eigenvalue weighted by Gasteiger charge is -2.28. The first-order chi connectivity index (χ1) is 12.6. The Morgan fingerprint density at radius 2 is 1.77 bits per heavy atom. The predicted molar refractivity (Wildman–Crippen MR) is 94.5 cm³/mol. The van der Waals surface area contributed by atoms with Crippen LogP contribution in [0.15, 0.2) is 42.9 Å². The van der Waals surface area contributed by atoms with Gasteiger partial charge < -0.3 is 15.3 Å². The first-order valence-corrected chi connectivity index (χ1v) is 8.31. The number of rotatable bonds is 3. The van der Waals surface area contributed by atoms with Crippen molar-refractivity contribution in [3.8, 4) is 28.6 Å². The van der Waals surface area contributed by atoms with E-state index in [0.29, 0.717) is 24.5 Å². The van der Waals surface area contributed by atoms with Crippen LogP contribution in [0.2, 0.25) is 0 Å². The molecule has 2 aromatic heterocycles. The monoisotopic (exact) mass is 350 g/mol. The van der Waals surface area contributed by atoms with Crippen LogP contribution in [-0.4, -0.2) is 41.7 Å². The Balaban J connectivity index is 1.54. The van der Waals surface area contributed by atoms with Crippen LogP contribution in [0.5, 0.6) is 17.2 Å². The Hall–Kier alpha value is -3.19. The number of hydrogen-bond donors (Lipinski definition) is 3. The minimum atomic E-state index is -0.162. The molecular formula is C19H18N4O3. The second kappa shape index (κ2) is 6.61. The van der Waals surface area contributed by atoms with E-state index in [1.807, 2.05) is 18.3 Å². The first kappa shape index (κ1) is 16.3. The van der Waals surface area contributed by atoms with Crippen molar-refractivity contribution >= 4 is 0 Å². The first-order valence-electron chi connectivity index (χ1n) is 8.31. The smallest absolute Gasteiger partial charge is 0.159 e. The topological polar surface area (TPSA) is 103 Å². The molecule has 1 aromatic carbocycles. The minimum absolute atomic E-state index is 0.113. The molecule has 0 fully saturated rings. The molecule has 26 heavy (non-hydrogen) atoms. The highest BCUT2D eigenvalue weighted by atomic mass is 16.3. The van der Waals surface area contributed by atoms with Crippen LogP contribution in [0.4, 0.5) is 0 Å².